The Morgan fingerprint density at radius 3 is 3.20 bits per heavy atom. The molecule has 0 saturated carbocycles. The van der Waals surface area contributed by atoms with Crippen molar-refractivity contribution < 1.29 is 9.53 Å². The number of nitrogen functional groups attached to an aromatic ring is 1. The quantitative estimate of drug-likeness (QED) is 0.724. The second-order valence-electron chi connectivity index (χ2n) is 4.88. The van der Waals surface area contributed by atoms with E-state index in [9.17, 15) is 4.79 Å². The number of benzene rings is 1. The van der Waals surface area contributed by atoms with Crippen LogP contribution in [0.5, 0.6) is 0 Å². The molecule has 6 nitrogen and oxygen atoms in total. The molecule has 1 aromatic heterocycles. The second kappa shape index (κ2) is 4.97. The maximum atomic E-state index is 12.3. The Hall–Kier alpha value is -2.34. The first kappa shape index (κ1) is 12.7. The van der Waals surface area contributed by atoms with Crippen molar-refractivity contribution in [3.05, 3.63) is 40.7 Å². The lowest BCUT2D eigenvalue weighted by Gasteiger charge is -2.13. The lowest BCUT2D eigenvalue weighted by Crippen LogP contribution is -2.17. The molecule has 104 valence electrons. The Bertz CT molecular complexity index is 663. The predicted octanol–water partition coefficient (Wildman–Crippen LogP) is 1.63. The van der Waals surface area contributed by atoms with E-state index in [2.05, 4.69) is 15.5 Å². The van der Waals surface area contributed by atoms with Gasteiger partial charge in [0.25, 0.3) is 5.91 Å². The van der Waals surface area contributed by atoms with Crippen LogP contribution < -0.4 is 11.1 Å². The van der Waals surface area contributed by atoms with Gasteiger partial charge in [0.05, 0.1) is 24.6 Å². The van der Waals surface area contributed by atoms with Crippen LogP contribution in [0.4, 0.5) is 11.4 Å². The van der Waals surface area contributed by atoms with Crippen LogP contribution in [-0.4, -0.2) is 22.7 Å². The van der Waals surface area contributed by atoms with Gasteiger partial charge >= 0.3 is 0 Å². The van der Waals surface area contributed by atoms with Gasteiger partial charge in [-0.15, -0.1) is 0 Å². The van der Waals surface area contributed by atoms with E-state index in [4.69, 9.17) is 10.5 Å². The highest BCUT2D eigenvalue weighted by Gasteiger charge is 2.22. The Morgan fingerprint density at radius 1 is 1.50 bits per heavy atom. The lowest BCUT2D eigenvalue weighted by atomic mass is 10.1. The van der Waals surface area contributed by atoms with Crippen molar-refractivity contribution in [2.45, 2.75) is 20.0 Å². The van der Waals surface area contributed by atoms with E-state index in [0.717, 1.165) is 23.2 Å². The van der Waals surface area contributed by atoms with Gasteiger partial charge in [-0.25, -0.2) is 0 Å². The predicted molar refractivity (Wildman–Crippen MR) is 75.5 cm³/mol. The van der Waals surface area contributed by atoms with Gasteiger partial charge in [0.2, 0.25) is 0 Å². The maximum absolute atomic E-state index is 12.3. The first-order chi connectivity index (χ1) is 9.65. The van der Waals surface area contributed by atoms with Crippen molar-refractivity contribution in [2.75, 3.05) is 17.7 Å². The second-order valence-corrected chi connectivity index (χ2v) is 4.88. The molecule has 2 aromatic rings. The van der Waals surface area contributed by atoms with Gasteiger partial charge in [-0.05, 0) is 24.6 Å². The Morgan fingerprint density at radius 2 is 2.35 bits per heavy atom. The van der Waals surface area contributed by atoms with Gasteiger partial charge in [0.1, 0.15) is 0 Å². The number of nitrogens with zero attached hydrogens (tertiary/aromatic N) is 1. The summed E-state index contributed by atoms with van der Waals surface area (Å²) in [5, 5.41) is 9.79. The summed E-state index contributed by atoms with van der Waals surface area (Å²) in [7, 11) is 0. The van der Waals surface area contributed by atoms with Crippen molar-refractivity contribution in [1.29, 1.82) is 0 Å². The zero-order chi connectivity index (χ0) is 14.1. The van der Waals surface area contributed by atoms with E-state index >= 15 is 0 Å². The van der Waals surface area contributed by atoms with E-state index in [1.54, 1.807) is 6.07 Å². The molecule has 1 aliphatic heterocycles. The molecule has 1 aromatic carbocycles. The van der Waals surface area contributed by atoms with Gasteiger partial charge in [0, 0.05) is 17.7 Å². The van der Waals surface area contributed by atoms with Crippen LogP contribution in [-0.2, 0) is 17.8 Å². The van der Waals surface area contributed by atoms with Crippen LogP contribution in [0.3, 0.4) is 0 Å². The zero-order valence-electron chi connectivity index (χ0n) is 11.2. The summed E-state index contributed by atoms with van der Waals surface area (Å²) in [4.78, 5) is 12.3. The number of aromatic nitrogens is 2. The fourth-order valence-corrected chi connectivity index (χ4v) is 2.26. The smallest absolute Gasteiger partial charge is 0.276 e. The normalized spacial score (nSPS) is 13.8. The standard InChI is InChI=1S/C14H16N4O2/c1-8-2-3-10(15)12(6-8)16-14(19)13-9-7-20-5-4-11(9)17-18-13/h2-3,6H,4-5,7,15H2,1H3,(H,16,19)(H,17,18). The van der Waals surface area contributed by atoms with Crippen LogP contribution in [0.1, 0.15) is 27.3 Å². The van der Waals surface area contributed by atoms with Gasteiger partial charge in [-0.3, -0.25) is 9.89 Å². The molecule has 0 bridgehead atoms. The minimum Gasteiger partial charge on any atom is -0.397 e. The average molecular weight is 272 g/mol. The van der Waals surface area contributed by atoms with Crippen LogP contribution in [0.2, 0.25) is 0 Å². The van der Waals surface area contributed by atoms with Crippen molar-refractivity contribution in [3.63, 3.8) is 0 Å². The molecule has 0 aliphatic carbocycles. The molecule has 0 spiro atoms. The van der Waals surface area contributed by atoms with Crippen molar-refractivity contribution >= 4 is 17.3 Å². The molecule has 1 aliphatic rings. The molecule has 6 heteroatoms. The highest BCUT2D eigenvalue weighted by Crippen LogP contribution is 2.22. The third-order valence-electron chi connectivity index (χ3n) is 3.37. The highest BCUT2D eigenvalue weighted by molar-refractivity contribution is 6.05. The summed E-state index contributed by atoms with van der Waals surface area (Å²) < 4.78 is 5.37. The van der Waals surface area contributed by atoms with E-state index in [1.165, 1.54) is 0 Å². The van der Waals surface area contributed by atoms with Gasteiger partial charge in [0.15, 0.2) is 5.69 Å². The van der Waals surface area contributed by atoms with Crippen LogP contribution in [0, 0.1) is 6.92 Å². The Labute approximate surface area is 116 Å². The molecule has 4 N–H and O–H groups in total. The lowest BCUT2D eigenvalue weighted by molar-refractivity contribution is 0.0985. The van der Waals surface area contributed by atoms with Gasteiger partial charge in [-0.1, -0.05) is 6.07 Å². The van der Waals surface area contributed by atoms with Crippen LogP contribution in [0.15, 0.2) is 18.2 Å². The number of carbonyl (C=O) groups excluding carboxylic acids is 1. The number of amides is 1. The molecule has 0 radical (unpaired) electrons. The summed E-state index contributed by atoms with van der Waals surface area (Å²) in [6.07, 6.45) is 0.752. The number of anilines is 2. The number of carbonyl (C=O) groups is 1. The fourth-order valence-electron chi connectivity index (χ4n) is 2.26. The van der Waals surface area contributed by atoms with Crippen molar-refractivity contribution in [1.82, 2.24) is 10.2 Å². The van der Waals surface area contributed by atoms with E-state index in [0.29, 0.717) is 30.3 Å². The number of nitrogens with two attached hydrogens (primary N) is 1. The highest BCUT2D eigenvalue weighted by atomic mass is 16.5. The third-order valence-corrected chi connectivity index (χ3v) is 3.37. The molecular formula is C14H16N4O2. The third kappa shape index (κ3) is 2.25. The largest absolute Gasteiger partial charge is 0.397 e. The number of hydrogen-bond acceptors (Lipinski definition) is 4. The number of H-pyrrole nitrogens is 1. The molecule has 0 saturated heterocycles. The number of fused-ring (bicyclic) bond motifs is 1. The molecule has 2 heterocycles. The molecule has 20 heavy (non-hydrogen) atoms. The molecule has 0 fully saturated rings. The Kier molecular flexibility index (Phi) is 3.15. The van der Waals surface area contributed by atoms with Crippen molar-refractivity contribution in [3.8, 4) is 0 Å². The average Bonchev–Trinajstić information content (AvgIpc) is 2.87. The first-order valence-electron chi connectivity index (χ1n) is 6.46. The molecule has 0 unspecified atom stereocenters. The minimum atomic E-state index is -0.273. The number of hydrogen-bond donors (Lipinski definition) is 3. The van der Waals surface area contributed by atoms with Gasteiger partial charge < -0.3 is 15.8 Å². The molecule has 3 rings (SSSR count). The Balaban J connectivity index is 1.86. The number of aromatic amines is 1. The number of nitrogens with one attached hydrogen (secondary N) is 2. The van der Waals surface area contributed by atoms with Crippen molar-refractivity contribution in [2.24, 2.45) is 0 Å². The van der Waals surface area contributed by atoms with E-state index in [1.807, 2.05) is 19.1 Å². The summed E-state index contributed by atoms with van der Waals surface area (Å²) in [6, 6.07) is 5.51. The number of ether oxygens (including phenoxy) is 1. The van der Waals surface area contributed by atoms with Crippen LogP contribution >= 0.6 is 0 Å². The summed E-state index contributed by atoms with van der Waals surface area (Å²) >= 11 is 0. The maximum Gasteiger partial charge on any atom is 0.276 e. The fraction of sp³-hybridized carbons (Fsp3) is 0.286. The zero-order valence-corrected chi connectivity index (χ0v) is 11.2. The van der Waals surface area contributed by atoms with E-state index in [-0.39, 0.29) is 5.91 Å². The summed E-state index contributed by atoms with van der Waals surface area (Å²) in [5.41, 5.74) is 10.2. The van der Waals surface area contributed by atoms with E-state index < -0.39 is 0 Å². The topological polar surface area (TPSA) is 93.0 Å². The SMILES string of the molecule is Cc1ccc(N)c(NC(=O)c2n[nH]c3c2COCC3)c1. The monoisotopic (exact) mass is 272 g/mol. The van der Waals surface area contributed by atoms with Crippen LogP contribution in [0.25, 0.3) is 0 Å². The minimum absolute atomic E-state index is 0.273. The number of aryl methyl sites for hydroxylation is 1. The molecule has 1 amide bonds. The summed E-state index contributed by atoms with van der Waals surface area (Å²) in [6.45, 7) is 3.01. The first-order valence-corrected chi connectivity index (χ1v) is 6.46. The van der Waals surface area contributed by atoms with Gasteiger partial charge in [-0.2, -0.15) is 5.10 Å². The number of rotatable bonds is 2. The molecule has 0 atom stereocenters. The molecular weight excluding hydrogens is 256 g/mol. The summed E-state index contributed by atoms with van der Waals surface area (Å²) in [5.74, 6) is -0.273.